The Kier molecular flexibility index (Phi) is 3.33. The first-order chi connectivity index (χ1) is 7.49. The molecule has 0 spiro atoms. The van der Waals surface area contributed by atoms with Crippen LogP contribution in [0.1, 0.15) is 6.42 Å². The molecule has 0 bridgehead atoms. The van der Waals surface area contributed by atoms with Gasteiger partial charge in [-0.2, -0.15) is 0 Å². The summed E-state index contributed by atoms with van der Waals surface area (Å²) >= 11 is 15.3. The first-order valence-corrected chi connectivity index (χ1v) is 6.35. The van der Waals surface area contributed by atoms with Crippen molar-refractivity contribution in [3.05, 3.63) is 22.2 Å². The van der Waals surface area contributed by atoms with E-state index < -0.39 is 0 Å². The number of rotatable bonds is 1. The Morgan fingerprint density at radius 2 is 2.12 bits per heavy atom. The molecule has 1 saturated heterocycles. The number of hydrogen-bond donors (Lipinski definition) is 1. The van der Waals surface area contributed by atoms with Crippen molar-refractivity contribution >= 4 is 56.4 Å². The summed E-state index contributed by atoms with van der Waals surface area (Å²) < 4.78 is 0. The van der Waals surface area contributed by atoms with Crippen LogP contribution in [0.2, 0.25) is 10.0 Å². The number of anilines is 2. The fourth-order valence-electron chi connectivity index (χ4n) is 1.75. The minimum Gasteiger partial charge on any atom is -0.397 e. The zero-order chi connectivity index (χ0) is 11.9. The van der Waals surface area contributed by atoms with Crippen LogP contribution in [0.25, 0.3) is 0 Å². The molecule has 16 heavy (non-hydrogen) atoms. The van der Waals surface area contributed by atoms with E-state index in [1.165, 1.54) is 0 Å². The maximum atomic E-state index is 11.7. The summed E-state index contributed by atoms with van der Waals surface area (Å²) in [7, 11) is 0. The van der Waals surface area contributed by atoms with Crippen LogP contribution >= 0.6 is 39.1 Å². The Bertz CT molecular complexity index is 429. The van der Waals surface area contributed by atoms with Crippen LogP contribution in [-0.2, 0) is 4.79 Å². The lowest BCUT2D eigenvalue weighted by Gasteiger charge is -2.19. The van der Waals surface area contributed by atoms with Crippen LogP contribution in [-0.4, -0.2) is 17.3 Å². The molecule has 1 amide bonds. The molecule has 1 atom stereocenters. The highest BCUT2D eigenvalue weighted by Gasteiger charge is 2.31. The van der Waals surface area contributed by atoms with Gasteiger partial charge < -0.3 is 10.6 Å². The van der Waals surface area contributed by atoms with Crippen molar-refractivity contribution < 1.29 is 4.79 Å². The second kappa shape index (κ2) is 4.43. The van der Waals surface area contributed by atoms with E-state index in [2.05, 4.69) is 15.9 Å². The highest BCUT2D eigenvalue weighted by atomic mass is 79.9. The van der Waals surface area contributed by atoms with E-state index in [1.807, 2.05) is 0 Å². The molecule has 6 heteroatoms. The standard InChI is InChI=1S/C10H9BrCl2N2O/c11-5-1-9(16)15(4-5)10-7(13)2-6(12)3-8(10)14/h2-3,5H,1,4,14H2. The monoisotopic (exact) mass is 322 g/mol. The third-order valence-electron chi connectivity index (χ3n) is 2.41. The number of benzene rings is 1. The van der Waals surface area contributed by atoms with E-state index in [9.17, 15) is 4.79 Å². The van der Waals surface area contributed by atoms with E-state index >= 15 is 0 Å². The van der Waals surface area contributed by atoms with Crippen molar-refractivity contribution in [2.75, 3.05) is 17.2 Å². The normalized spacial score (nSPS) is 20.6. The van der Waals surface area contributed by atoms with Gasteiger partial charge in [-0.1, -0.05) is 39.1 Å². The molecule has 86 valence electrons. The predicted octanol–water partition coefficient (Wildman–Crippen LogP) is 3.08. The SMILES string of the molecule is Nc1cc(Cl)cc(Cl)c1N1CC(Br)CC1=O. The number of alkyl halides is 1. The number of carbonyl (C=O) groups is 1. The zero-order valence-electron chi connectivity index (χ0n) is 8.21. The number of carbonyl (C=O) groups excluding carboxylic acids is 1. The topological polar surface area (TPSA) is 46.3 Å². The van der Waals surface area contributed by atoms with Gasteiger partial charge in [-0.3, -0.25) is 4.79 Å². The molecule has 3 nitrogen and oxygen atoms in total. The lowest BCUT2D eigenvalue weighted by molar-refractivity contribution is -0.117. The molecular formula is C10H9BrCl2N2O. The summed E-state index contributed by atoms with van der Waals surface area (Å²) in [5.74, 6) is 0.0118. The third-order valence-corrected chi connectivity index (χ3v) is 3.53. The van der Waals surface area contributed by atoms with Crippen LogP contribution in [0, 0.1) is 0 Å². The Morgan fingerprint density at radius 3 is 2.62 bits per heavy atom. The quantitative estimate of drug-likeness (QED) is 0.637. The largest absolute Gasteiger partial charge is 0.397 e. The molecule has 1 aromatic carbocycles. The molecule has 0 aliphatic carbocycles. The summed E-state index contributed by atoms with van der Waals surface area (Å²) in [5, 5.41) is 0.869. The Balaban J connectivity index is 2.44. The lowest BCUT2D eigenvalue weighted by atomic mass is 10.2. The van der Waals surface area contributed by atoms with E-state index in [-0.39, 0.29) is 10.7 Å². The van der Waals surface area contributed by atoms with Gasteiger partial charge in [0.05, 0.1) is 16.4 Å². The maximum absolute atomic E-state index is 11.7. The second-order valence-corrected chi connectivity index (χ2v) is 5.77. The number of hydrogen-bond acceptors (Lipinski definition) is 2. The molecule has 1 aliphatic heterocycles. The molecular weight excluding hydrogens is 315 g/mol. The number of nitrogens with two attached hydrogens (primary N) is 1. The second-order valence-electron chi connectivity index (χ2n) is 3.63. The van der Waals surface area contributed by atoms with E-state index in [0.717, 1.165) is 0 Å². The fourth-order valence-corrected chi connectivity index (χ4v) is 2.93. The molecule has 0 saturated carbocycles. The maximum Gasteiger partial charge on any atom is 0.228 e. The van der Waals surface area contributed by atoms with E-state index in [1.54, 1.807) is 17.0 Å². The smallest absolute Gasteiger partial charge is 0.228 e. The molecule has 2 N–H and O–H groups in total. The lowest BCUT2D eigenvalue weighted by Crippen LogP contribution is -2.25. The minimum absolute atomic E-state index is 0.0118. The van der Waals surface area contributed by atoms with Crippen molar-refractivity contribution in [2.24, 2.45) is 0 Å². The van der Waals surface area contributed by atoms with E-state index in [4.69, 9.17) is 28.9 Å². The van der Waals surface area contributed by atoms with Crippen molar-refractivity contribution in [1.82, 2.24) is 0 Å². The van der Waals surface area contributed by atoms with Gasteiger partial charge in [-0.15, -0.1) is 0 Å². The van der Waals surface area contributed by atoms with Gasteiger partial charge in [0.25, 0.3) is 0 Å². The molecule has 0 radical (unpaired) electrons. The first-order valence-electron chi connectivity index (χ1n) is 4.68. The molecule has 1 aromatic rings. The van der Waals surface area contributed by atoms with Crippen molar-refractivity contribution in [3.63, 3.8) is 0 Å². The van der Waals surface area contributed by atoms with Gasteiger partial charge in [0.2, 0.25) is 5.91 Å². The molecule has 0 aromatic heterocycles. The van der Waals surface area contributed by atoms with Crippen molar-refractivity contribution in [1.29, 1.82) is 0 Å². The summed E-state index contributed by atoms with van der Waals surface area (Å²) in [4.78, 5) is 13.5. The van der Waals surface area contributed by atoms with Gasteiger partial charge in [-0.25, -0.2) is 0 Å². The van der Waals surface area contributed by atoms with Crippen molar-refractivity contribution in [2.45, 2.75) is 11.2 Å². The highest BCUT2D eigenvalue weighted by Crippen LogP contribution is 2.38. The average Bonchev–Trinajstić information content (AvgIpc) is 2.43. The summed E-state index contributed by atoms with van der Waals surface area (Å²) in [6.45, 7) is 0.574. The summed E-state index contributed by atoms with van der Waals surface area (Å²) in [6, 6.07) is 3.18. The van der Waals surface area contributed by atoms with Gasteiger partial charge in [-0.05, 0) is 12.1 Å². The van der Waals surface area contributed by atoms with Gasteiger partial charge in [0.15, 0.2) is 0 Å². The zero-order valence-corrected chi connectivity index (χ0v) is 11.3. The fraction of sp³-hybridized carbons (Fsp3) is 0.300. The number of nitrogens with zero attached hydrogens (tertiary/aromatic N) is 1. The predicted molar refractivity (Wildman–Crippen MR) is 70.6 cm³/mol. The Labute approximate surface area is 112 Å². The number of halogens is 3. The molecule has 1 fully saturated rings. The summed E-state index contributed by atoms with van der Waals surface area (Å²) in [5.41, 5.74) is 6.81. The first kappa shape index (κ1) is 12.0. The third kappa shape index (κ3) is 2.14. The van der Waals surface area contributed by atoms with Gasteiger partial charge >= 0.3 is 0 Å². The van der Waals surface area contributed by atoms with Crippen LogP contribution in [0.3, 0.4) is 0 Å². The highest BCUT2D eigenvalue weighted by molar-refractivity contribution is 9.09. The van der Waals surface area contributed by atoms with Crippen molar-refractivity contribution in [3.8, 4) is 0 Å². The van der Waals surface area contributed by atoms with Gasteiger partial charge in [0, 0.05) is 22.8 Å². The molecule has 2 rings (SSSR count). The molecule has 1 aliphatic rings. The number of amides is 1. The van der Waals surface area contributed by atoms with Crippen LogP contribution < -0.4 is 10.6 Å². The van der Waals surface area contributed by atoms with Gasteiger partial charge in [0.1, 0.15) is 0 Å². The van der Waals surface area contributed by atoms with Crippen LogP contribution in [0.5, 0.6) is 0 Å². The number of nitrogen functional groups attached to an aromatic ring is 1. The van der Waals surface area contributed by atoms with Crippen LogP contribution in [0.15, 0.2) is 12.1 Å². The minimum atomic E-state index is 0.0118. The average molecular weight is 324 g/mol. The molecule has 1 heterocycles. The Hall–Kier alpha value is -0.450. The molecule has 1 unspecified atom stereocenters. The summed E-state index contributed by atoms with van der Waals surface area (Å²) in [6.07, 6.45) is 0.457. The van der Waals surface area contributed by atoms with Crippen LogP contribution in [0.4, 0.5) is 11.4 Å². The van der Waals surface area contributed by atoms with E-state index in [0.29, 0.717) is 34.4 Å². The Morgan fingerprint density at radius 1 is 1.44 bits per heavy atom.